The largest absolute Gasteiger partial charge is 0.457 e. The highest BCUT2D eigenvalue weighted by atomic mass is 16.5. The summed E-state index contributed by atoms with van der Waals surface area (Å²) < 4.78 is 6.97. The molecule has 1 heteroatoms. The minimum Gasteiger partial charge on any atom is -0.457 e. The zero-order valence-electron chi connectivity index (χ0n) is 29.9. The van der Waals surface area contributed by atoms with Crippen LogP contribution in [0.2, 0.25) is 0 Å². The first-order valence-electron chi connectivity index (χ1n) is 19.3. The first-order chi connectivity index (χ1) is 27.3. The van der Waals surface area contributed by atoms with Crippen molar-refractivity contribution in [2.75, 3.05) is 0 Å². The molecule has 0 bridgehead atoms. The van der Waals surface area contributed by atoms with Crippen LogP contribution in [0.15, 0.2) is 194 Å². The van der Waals surface area contributed by atoms with Gasteiger partial charge in [-0.3, -0.25) is 0 Å². The Hall–Kier alpha value is -6.96. The average molecular weight is 697 g/mol. The molecule has 55 heavy (non-hydrogen) atoms. The Bertz CT molecular complexity index is 3100. The third-order valence-corrected chi connectivity index (χ3v) is 13.2. The molecule has 13 rings (SSSR count). The molecule has 254 valence electrons. The maximum atomic E-state index is 6.97. The molecule has 1 heterocycles. The van der Waals surface area contributed by atoms with Crippen LogP contribution in [-0.2, 0) is 10.8 Å². The van der Waals surface area contributed by atoms with Gasteiger partial charge < -0.3 is 4.74 Å². The SMILES string of the molecule is c1ccc2c(c1)Oc1cc(-c3cccc4c3-c3ccccc3C43c4ccccc4-c4c3ccc3ccccc43)ccc1C21c2ccccc2-c2ccccc21. The molecule has 1 atom stereocenters. The minimum absolute atomic E-state index is 0.428. The van der Waals surface area contributed by atoms with E-state index in [0.29, 0.717) is 0 Å². The highest BCUT2D eigenvalue weighted by molar-refractivity contribution is 6.07. The van der Waals surface area contributed by atoms with E-state index in [1.165, 1.54) is 94.2 Å². The Balaban J connectivity index is 1.08. The molecular formula is C54H32O. The molecule has 3 aliphatic carbocycles. The quantitative estimate of drug-likeness (QED) is 0.166. The van der Waals surface area contributed by atoms with Crippen LogP contribution in [-0.4, -0.2) is 0 Å². The number of rotatable bonds is 1. The van der Waals surface area contributed by atoms with Crippen molar-refractivity contribution in [3.8, 4) is 56.0 Å². The van der Waals surface area contributed by atoms with E-state index in [1.807, 2.05) is 0 Å². The second kappa shape index (κ2) is 10.4. The van der Waals surface area contributed by atoms with E-state index >= 15 is 0 Å². The molecule has 4 aliphatic rings. The lowest BCUT2D eigenvalue weighted by Crippen LogP contribution is -2.32. The summed E-state index contributed by atoms with van der Waals surface area (Å²) in [5, 5.41) is 2.58. The molecule has 0 aromatic heterocycles. The van der Waals surface area contributed by atoms with Crippen molar-refractivity contribution in [2.24, 2.45) is 0 Å². The van der Waals surface area contributed by atoms with Gasteiger partial charge in [0.25, 0.3) is 0 Å². The molecular weight excluding hydrogens is 665 g/mol. The van der Waals surface area contributed by atoms with Gasteiger partial charge in [0.05, 0.1) is 10.8 Å². The van der Waals surface area contributed by atoms with E-state index < -0.39 is 10.8 Å². The van der Waals surface area contributed by atoms with E-state index in [9.17, 15) is 0 Å². The van der Waals surface area contributed by atoms with Gasteiger partial charge in [-0.1, -0.05) is 182 Å². The Morgan fingerprint density at radius 2 is 0.764 bits per heavy atom. The van der Waals surface area contributed by atoms with Gasteiger partial charge in [-0.15, -0.1) is 0 Å². The summed E-state index contributed by atoms with van der Waals surface area (Å²) in [6, 6.07) is 72.2. The molecule has 0 N–H and O–H groups in total. The number of para-hydroxylation sites is 1. The minimum atomic E-state index is -0.481. The fourth-order valence-corrected chi connectivity index (χ4v) is 11.2. The van der Waals surface area contributed by atoms with Crippen molar-refractivity contribution in [3.63, 3.8) is 0 Å². The first-order valence-corrected chi connectivity index (χ1v) is 19.3. The topological polar surface area (TPSA) is 9.23 Å². The molecule has 0 saturated carbocycles. The number of benzene rings is 9. The monoisotopic (exact) mass is 696 g/mol. The van der Waals surface area contributed by atoms with Crippen molar-refractivity contribution >= 4 is 10.8 Å². The average Bonchev–Trinajstić information content (AvgIpc) is 3.84. The lowest BCUT2D eigenvalue weighted by Gasteiger charge is -2.39. The molecule has 2 spiro atoms. The lowest BCUT2D eigenvalue weighted by atomic mass is 9.66. The van der Waals surface area contributed by atoms with E-state index in [-0.39, 0.29) is 0 Å². The maximum absolute atomic E-state index is 6.97. The van der Waals surface area contributed by atoms with Crippen LogP contribution in [0.5, 0.6) is 11.5 Å². The molecule has 1 nitrogen and oxygen atoms in total. The van der Waals surface area contributed by atoms with Gasteiger partial charge in [-0.25, -0.2) is 0 Å². The van der Waals surface area contributed by atoms with Gasteiger partial charge in [0.2, 0.25) is 0 Å². The molecule has 0 amide bonds. The summed E-state index contributed by atoms with van der Waals surface area (Å²) in [4.78, 5) is 0. The van der Waals surface area contributed by atoms with Gasteiger partial charge in [0.15, 0.2) is 0 Å². The van der Waals surface area contributed by atoms with Gasteiger partial charge in [-0.2, -0.15) is 0 Å². The maximum Gasteiger partial charge on any atom is 0.132 e. The van der Waals surface area contributed by atoms with Gasteiger partial charge in [-0.05, 0) is 101 Å². The molecule has 1 unspecified atom stereocenters. The second-order valence-corrected chi connectivity index (χ2v) is 15.4. The number of ether oxygens (including phenoxy) is 1. The third kappa shape index (κ3) is 3.42. The van der Waals surface area contributed by atoms with Crippen LogP contribution < -0.4 is 4.74 Å². The van der Waals surface area contributed by atoms with Crippen LogP contribution in [0, 0.1) is 0 Å². The van der Waals surface area contributed by atoms with Crippen LogP contribution in [0.25, 0.3) is 55.3 Å². The molecule has 1 aliphatic heterocycles. The third-order valence-electron chi connectivity index (χ3n) is 13.2. The molecule has 0 saturated heterocycles. The van der Waals surface area contributed by atoms with Gasteiger partial charge >= 0.3 is 0 Å². The van der Waals surface area contributed by atoms with E-state index in [4.69, 9.17) is 4.74 Å². The smallest absolute Gasteiger partial charge is 0.132 e. The molecule has 0 radical (unpaired) electrons. The standard InChI is InChI=1S/C54H32O/c1-2-15-35-33(14-1)28-31-48-51(35)39-18-5-9-23-43(39)54(48)44-24-10-6-19-40(44)52-36(20-13-26-47(52)54)34-29-30-46-50(32-34)55-49-27-12-11-25-45(49)53(46)41-21-7-3-16-37(41)38-17-4-8-22-42(38)53/h1-32H. The van der Waals surface area contributed by atoms with Crippen molar-refractivity contribution < 1.29 is 4.74 Å². The predicted octanol–water partition coefficient (Wildman–Crippen LogP) is 13.3. The van der Waals surface area contributed by atoms with Gasteiger partial charge in [0, 0.05) is 11.1 Å². The van der Waals surface area contributed by atoms with Crippen LogP contribution >= 0.6 is 0 Å². The first kappa shape index (κ1) is 29.5. The Labute approximate surface area is 319 Å². The van der Waals surface area contributed by atoms with Crippen LogP contribution in [0.1, 0.15) is 44.5 Å². The van der Waals surface area contributed by atoms with Crippen molar-refractivity contribution in [1.82, 2.24) is 0 Å². The Morgan fingerprint density at radius 3 is 1.49 bits per heavy atom. The second-order valence-electron chi connectivity index (χ2n) is 15.4. The summed E-state index contributed by atoms with van der Waals surface area (Å²) in [6.45, 7) is 0. The summed E-state index contributed by atoms with van der Waals surface area (Å²) in [5.41, 5.74) is 19.7. The summed E-state index contributed by atoms with van der Waals surface area (Å²) in [7, 11) is 0. The van der Waals surface area contributed by atoms with E-state index in [2.05, 4.69) is 194 Å². The van der Waals surface area contributed by atoms with E-state index in [1.54, 1.807) is 0 Å². The highest BCUT2D eigenvalue weighted by Crippen LogP contribution is 2.66. The Kier molecular flexibility index (Phi) is 5.56. The Morgan fingerprint density at radius 1 is 0.291 bits per heavy atom. The molecule has 9 aromatic rings. The zero-order valence-corrected chi connectivity index (χ0v) is 29.9. The zero-order chi connectivity index (χ0) is 35.9. The fraction of sp³-hybridized carbons (Fsp3) is 0.0370. The lowest BCUT2D eigenvalue weighted by molar-refractivity contribution is 0.436. The number of hydrogen-bond acceptors (Lipinski definition) is 1. The number of hydrogen-bond donors (Lipinski definition) is 0. The summed E-state index contributed by atoms with van der Waals surface area (Å²) >= 11 is 0. The van der Waals surface area contributed by atoms with Crippen LogP contribution in [0.3, 0.4) is 0 Å². The highest BCUT2D eigenvalue weighted by Gasteiger charge is 2.53. The predicted molar refractivity (Wildman–Crippen MR) is 223 cm³/mol. The van der Waals surface area contributed by atoms with Crippen LogP contribution in [0.4, 0.5) is 0 Å². The fourth-order valence-electron chi connectivity index (χ4n) is 11.2. The van der Waals surface area contributed by atoms with Crippen molar-refractivity contribution in [2.45, 2.75) is 10.8 Å². The summed E-state index contributed by atoms with van der Waals surface area (Å²) in [5.74, 6) is 1.82. The number of fused-ring (bicyclic) bond motifs is 21. The normalized spacial score (nSPS) is 16.7. The van der Waals surface area contributed by atoms with Crippen molar-refractivity contribution in [1.29, 1.82) is 0 Å². The summed E-state index contributed by atoms with van der Waals surface area (Å²) in [6.07, 6.45) is 0. The molecule has 9 aromatic carbocycles. The van der Waals surface area contributed by atoms with E-state index in [0.717, 1.165) is 17.1 Å². The van der Waals surface area contributed by atoms with Crippen molar-refractivity contribution in [3.05, 3.63) is 239 Å². The molecule has 0 fully saturated rings. The van der Waals surface area contributed by atoms with Gasteiger partial charge in [0.1, 0.15) is 11.5 Å².